The molecule has 8 heteroatoms. The largest absolute Gasteiger partial charge is 0.489 e. The SMILES string of the molecule is Cl.NC(=O)c1ccc(F)c2c1C[C@@H](NCCCc1c[nH]c3ccc(F)cc13)CO2. The predicted octanol–water partition coefficient (Wildman–Crippen LogP) is 3.49. The number of hydrogen-bond acceptors (Lipinski definition) is 3. The van der Waals surface area contributed by atoms with Crippen molar-refractivity contribution >= 4 is 29.2 Å². The highest BCUT2D eigenvalue weighted by atomic mass is 35.5. The molecule has 0 aliphatic carbocycles. The van der Waals surface area contributed by atoms with Crippen molar-refractivity contribution in [2.45, 2.75) is 25.3 Å². The van der Waals surface area contributed by atoms with E-state index < -0.39 is 11.7 Å². The third-order valence-corrected chi connectivity index (χ3v) is 5.14. The zero-order valence-corrected chi connectivity index (χ0v) is 16.5. The molecule has 4 N–H and O–H groups in total. The lowest BCUT2D eigenvalue weighted by Crippen LogP contribution is -2.40. The Bertz CT molecular complexity index is 1040. The Balaban J connectivity index is 0.00000240. The first-order chi connectivity index (χ1) is 13.5. The van der Waals surface area contributed by atoms with Gasteiger partial charge in [0.25, 0.3) is 0 Å². The first kappa shape index (κ1) is 21.1. The standard InChI is InChI=1S/C21H21F2N3O2.ClH/c22-13-3-6-19-16(8-13)12(10-26-19)2-1-7-25-14-9-17-15(21(24)27)4-5-18(23)20(17)28-11-14;/h3-6,8,10,14,25-26H,1-2,7,9,11H2,(H2,24,27);1H/t14-;/m1./s1. The first-order valence-electron chi connectivity index (χ1n) is 9.26. The Kier molecular flexibility index (Phi) is 6.39. The highest BCUT2D eigenvalue weighted by Crippen LogP contribution is 2.31. The van der Waals surface area contributed by atoms with Crippen LogP contribution in [0.1, 0.15) is 27.9 Å². The van der Waals surface area contributed by atoms with E-state index >= 15 is 0 Å². The van der Waals surface area contributed by atoms with Crippen LogP contribution in [-0.4, -0.2) is 30.1 Å². The molecule has 0 unspecified atom stereocenters. The van der Waals surface area contributed by atoms with Gasteiger partial charge in [-0.25, -0.2) is 8.78 Å². The second-order valence-electron chi connectivity index (χ2n) is 7.04. The van der Waals surface area contributed by atoms with E-state index in [1.165, 1.54) is 18.2 Å². The number of primary amides is 1. The molecule has 0 spiro atoms. The maximum absolute atomic E-state index is 13.9. The molecular formula is C21H22ClF2N3O2. The quantitative estimate of drug-likeness (QED) is 0.533. The van der Waals surface area contributed by atoms with Crippen molar-refractivity contribution < 1.29 is 18.3 Å². The summed E-state index contributed by atoms with van der Waals surface area (Å²) in [5.74, 6) is -1.20. The Labute approximate surface area is 173 Å². The molecule has 29 heavy (non-hydrogen) atoms. The Morgan fingerprint density at radius 2 is 2.10 bits per heavy atom. The number of carbonyl (C=O) groups excluding carboxylic acids is 1. The van der Waals surface area contributed by atoms with Crippen LogP contribution in [0.5, 0.6) is 5.75 Å². The highest BCUT2D eigenvalue weighted by molar-refractivity contribution is 5.95. The van der Waals surface area contributed by atoms with Gasteiger partial charge in [0.1, 0.15) is 12.4 Å². The molecule has 1 aliphatic rings. The van der Waals surface area contributed by atoms with Gasteiger partial charge in [-0.05, 0) is 61.7 Å². The molecule has 0 radical (unpaired) electrons. The number of carbonyl (C=O) groups is 1. The summed E-state index contributed by atoms with van der Waals surface area (Å²) >= 11 is 0. The second-order valence-corrected chi connectivity index (χ2v) is 7.04. The van der Waals surface area contributed by atoms with Crippen LogP contribution in [0.25, 0.3) is 10.9 Å². The topological polar surface area (TPSA) is 80.1 Å². The summed E-state index contributed by atoms with van der Waals surface area (Å²) in [6, 6.07) is 7.29. The number of nitrogens with one attached hydrogen (secondary N) is 2. The van der Waals surface area contributed by atoms with Crippen LogP contribution in [0.2, 0.25) is 0 Å². The summed E-state index contributed by atoms with van der Waals surface area (Å²) in [6.45, 7) is 1.04. The highest BCUT2D eigenvalue weighted by Gasteiger charge is 2.26. The number of amides is 1. The van der Waals surface area contributed by atoms with Crippen molar-refractivity contribution in [3.63, 3.8) is 0 Å². The van der Waals surface area contributed by atoms with E-state index in [1.807, 2.05) is 6.20 Å². The minimum Gasteiger partial charge on any atom is -0.489 e. The summed E-state index contributed by atoms with van der Waals surface area (Å²) in [5, 5.41) is 4.29. The molecule has 154 valence electrons. The monoisotopic (exact) mass is 421 g/mol. The van der Waals surface area contributed by atoms with Crippen LogP contribution in [0, 0.1) is 11.6 Å². The third-order valence-electron chi connectivity index (χ3n) is 5.14. The fourth-order valence-electron chi connectivity index (χ4n) is 3.75. The van der Waals surface area contributed by atoms with Gasteiger partial charge in [0.15, 0.2) is 11.6 Å². The zero-order valence-electron chi connectivity index (χ0n) is 15.6. The van der Waals surface area contributed by atoms with Crippen LogP contribution in [-0.2, 0) is 12.8 Å². The number of benzene rings is 2. The summed E-state index contributed by atoms with van der Waals surface area (Å²) in [4.78, 5) is 14.8. The fraction of sp³-hybridized carbons (Fsp3) is 0.286. The molecule has 4 rings (SSSR count). The maximum atomic E-state index is 13.9. The molecule has 1 aliphatic heterocycles. The minimum absolute atomic E-state index is 0. The van der Waals surface area contributed by atoms with Crippen molar-refractivity contribution in [1.82, 2.24) is 10.3 Å². The zero-order chi connectivity index (χ0) is 19.7. The van der Waals surface area contributed by atoms with E-state index in [9.17, 15) is 13.6 Å². The molecule has 3 aromatic rings. The minimum atomic E-state index is -0.591. The molecule has 0 saturated carbocycles. The molecular weight excluding hydrogens is 400 g/mol. The van der Waals surface area contributed by atoms with Crippen LogP contribution < -0.4 is 15.8 Å². The van der Waals surface area contributed by atoms with E-state index in [1.54, 1.807) is 12.1 Å². The lowest BCUT2D eigenvalue weighted by molar-refractivity contribution is 0.0997. The number of hydrogen-bond donors (Lipinski definition) is 3. The summed E-state index contributed by atoms with van der Waals surface area (Å²) in [7, 11) is 0. The van der Waals surface area contributed by atoms with Crippen LogP contribution >= 0.6 is 12.4 Å². The predicted molar refractivity (Wildman–Crippen MR) is 110 cm³/mol. The second kappa shape index (κ2) is 8.80. The number of aryl methyl sites for hydroxylation is 1. The number of rotatable bonds is 6. The van der Waals surface area contributed by atoms with E-state index in [4.69, 9.17) is 10.5 Å². The number of halogens is 3. The van der Waals surface area contributed by atoms with E-state index in [0.717, 1.165) is 29.3 Å². The van der Waals surface area contributed by atoms with Crippen LogP contribution in [0.15, 0.2) is 36.5 Å². The number of nitrogens with two attached hydrogens (primary N) is 1. The number of aromatic amines is 1. The Hall–Kier alpha value is -2.64. The fourth-order valence-corrected chi connectivity index (χ4v) is 3.75. The van der Waals surface area contributed by atoms with Gasteiger partial charge in [-0.1, -0.05) is 0 Å². The van der Waals surface area contributed by atoms with Crippen LogP contribution in [0.4, 0.5) is 8.78 Å². The summed E-state index contributed by atoms with van der Waals surface area (Å²) in [6.07, 6.45) is 4.02. The van der Waals surface area contributed by atoms with Crippen molar-refractivity contribution in [2.24, 2.45) is 5.73 Å². The number of fused-ring (bicyclic) bond motifs is 2. The van der Waals surface area contributed by atoms with Crippen molar-refractivity contribution in [1.29, 1.82) is 0 Å². The van der Waals surface area contributed by atoms with Crippen molar-refractivity contribution in [2.75, 3.05) is 13.2 Å². The lowest BCUT2D eigenvalue weighted by atomic mass is 9.96. The Morgan fingerprint density at radius 3 is 2.90 bits per heavy atom. The van der Waals surface area contributed by atoms with Gasteiger partial charge in [-0.2, -0.15) is 0 Å². The molecule has 5 nitrogen and oxygen atoms in total. The van der Waals surface area contributed by atoms with E-state index in [-0.39, 0.29) is 30.0 Å². The van der Waals surface area contributed by atoms with Crippen molar-refractivity contribution in [3.05, 3.63) is 64.9 Å². The Morgan fingerprint density at radius 1 is 1.28 bits per heavy atom. The number of H-pyrrole nitrogens is 1. The lowest BCUT2D eigenvalue weighted by Gasteiger charge is -2.27. The normalized spacial score (nSPS) is 15.4. The van der Waals surface area contributed by atoms with Gasteiger partial charge >= 0.3 is 0 Å². The number of aromatic nitrogens is 1. The average Bonchev–Trinajstić information content (AvgIpc) is 3.07. The van der Waals surface area contributed by atoms with Crippen LogP contribution in [0.3, 0.4) is 0 Å². The molecule has 1 amide bonds. The summed E-state index contributed by atoms with van der Waals surface area (Å²) < 4.78 is 32.9. The smallest absolute Gasteiger partial charge is 0.249 e. The van der Waals surface area contributed by atoms with Gasteiger partial charge in [0, 0.05) is 34.3 Å². The van der Waals surface area contributed by atoms with Crippen molar-refractivity contribution in [3.8, 4) is 5.75 Å². The average molecular weight is 422 g/mol. The summed E-state index contributed by atoms with van der Waals surface area (Å²) in [5.41, 5.74) is 8.20. The number of ether oxygens (including phenoxy) is 1. The van der Waals surface area contributed by atoms with E-state index in [2.05, 4.69) is 10.3 Å². The molecule has 0 bridgehead atoms. The molecule has 0 saturated heterocycles. The third kappa shape index (κ3) is 4.36. The maximum Gasteiger partial charge on any atom is 0.249 e. The van der Waals surface area contributed by atoms with Gasteiger partial charge in [-0.3, -0.25) is 4.79 Å². The molecule has 1 aromatic heterocycles. The molecule has 0 fully saturated rings. The molecule has 2 heterocycles. The van der Waals surface area contributed by atoms with Gasteiger partial charge in [-0.15, -0.1) is 12.4 Å². The molecule has 2 aromatic carbocycles. The van der Waals surface area contributed by atoms with E-state index in [0.29, 0.717) is 30.7 Å². The first-order valence-corrected chi connectivity index (χ1v) is 9.26. The van der Waals surface area contributed by atoms with Gasteiger partial charge in [0.05, 0.1) is 0 Å². The van der Waals surface area contributed by atoms with Gasteiger partial charge < -0.3 is 20.8 Å². The van der Waals surface area contributed by atoms with Gasteiger partial charge in [0.2, 0.25) is 5.91 Å². The molecule has 1 atom stereocenters.